The van der Waals surface area contributed by atoms with Gasteiger partial charge in [-0.3, -0.25) is 9.59 Å². The molecule has 0 aliphatic rings. The second-order valence-corrected chi connectivity index (χ2v) is 8.04. The van der Waals surface area contributed by atoms with Gasteiger partial charge in [0, 0.05) is 5.69 Å². The lowest BCUT2D eigenvalue weighted by atomic mass is 10.1. The first-order valence-corrected chi connectivity index (χ1v) is 11.0. The molecule has 0 aliphatic heterocycles. The lowest BCUT2D eigenvalue weighted by molar-refractivity contribution is -0.121. The Morgan fingerprint density at radius 3 is 2.21 bits per heavy atom. The van der Waals surface area contributed by atoms with Crippen molar-refractivity contribution in [1.29, 1.82) is 0 Å². The lowest BCUT2D eigenvalue weighted by Gasteiger charge is -2.22. The Morgan fingerprint density at radius 2 is 1.56 bits per heavy atom. The fourth-order valence-corrected chi connectivity index (χ4v) is 3.68. The van der Waals surface area contributed by atoms with Gasteiger partial charge in [-0.1, -0.05) is 54.6 Å². The summed E-state index contributed by atoms with van der Waals surface area (Å²) in [4.78, 5) is 27.2. The lowest BCUT2D eigenvalue weighted by Crippen LogP contribution is -2.30. The standard InChI is InChI=1S/C28H25FN2O3/c1-20(23-6-3-2-4-7-23)30-27(32)18-21-11-15-25(16-12-21)31(28(33)26-8-5-17-34-26)19-22-9-13-24(29)14-10-22/h2-17,20H,18-19H2,1H3,(H,30,32)/t20-/m1/s1. The molecule has 172 valence electrons. The maximum atomic E-state index is 13.3. The van der Waals surface area contributed by atoms with Gasteiger partial charge in [0.25, 0.3) is 5.91 Å². The highest BCUT2D eigenvalue weighted by Crippen LogP contribution is 2.22. The summed E-state index contributed by atoms with van der Waals surface area (Å²) in [7, 11) is 0. The minimum absolute atomic E-state index is 0.0843. The highest BCUT2D eigenvalue weighted by atomic mass is 19.1. The molecule has 5 nitrogen and oxygen atoms in total. The molecule has 0 fully saturated rings. The van der Waals surface area contributed by atoms with E-state index in [4.69, 9.17) is 4.42 Å². The molecule has 2 amide bonds. The van der Waals surface area contributed by atoms with Crippen LogP contribution in [0, 0.1) is 5.82 Å². The topological polar surface area (TPSA) is 62.6 Å². The molecule has 0 radical (unpaired) electrons. The van der Waals surface area contributed by atoms with Crippen molar-refractivity contribution in [2.75, 3.05) is 4.90 Å². The fraction of sp³-hybridized carbons (Fsp3) is 0.143. The van der Waals surface area contributed by atoms with Gasteiger partial charge in [0.15, 0.2) is 5.76 Å². The SMILES string of the molecule is C[C@@H](NC(=O)Cc1ccc(N(Cc2ccc(F)cc2)C(=O)c2ccco2)cc1)c1ccccc1. The van der Waals surface area contributed by atoms with E-state index in [1.807, 2.05) is 49.4 Å². The van der Waals surface area contributed by atoms with Crippen LogP contribution in [0.4, 0.5) is 10.1 Å². The Balaban J connectivity index is 1.47. The number of carbonyl (C=O) groups excluding carboxylic acids is 2. The summed E-state index contributed by atoms with van der Waals surface area (Å²) in [6, 6.07) is 26.2. The fourth-order valence-electron chi connectivity index (χ4n) is 3.68. The molecule has 4 rings (SSSR count). The van der Waals surface area contributed by atoms with Gasteiger partial charge in [-0.15, -0.1) is 0 Å². The number of carbonyl (C=O) groups is 2. The number of amides is 2. The Kier molecular flexibility index (Phi) is 7.18. The van der Waals surface area contributed by atoms with Crippen molar-refractivity contribution in [3.63, 3.8) is 0 Å². The molecule has 0 unspecified atom stereocenters. The molecule has 0 spiro atoms. The van der Waals surface area contributed by atoms with Gasteiger partial charge in [0.05, 0.1) is 25.3 Å². The predicted octanol–water partition coefficient (Wildman–Crippen LogP) is 5.69. The molecule has 3 aromatic carbocycles. The van der Waals surface area contributed by atoms with Crippen LogP contribution >= 0.6 is 0 Å². The van der Waals surface area contributed by atoms with Crippen molar-refractivity contribution in [2.45, 2.75) is 25.9 Å². The van der Waals surface area contributed by atoms with Gasteiger partial charge in [-0.05, 0) is 60.0 Å². The molecular weight excluding hydrogens is 431 g/mol. The van der Waals surface area contributed by atoms with E-state index in [2.05, 4.69) is 5.32 Å². The summed E-state index contributed by atoms with van der Waals surface area (Å²) < 4.78 is 18.6. The van der Waals surface area contributed by atoms with Crippen molar-refractivity contribution in [3.05, 3.63) is 126 Å². The molecule has 4 aromatic rings. The summed E-state index contributed by atoms with van der Waals surface area (Å²) in [5, 5.41) is 3.01. The average molecular weight is 457 g/mol. The first-order valence-electron chi connectivity index (χ1n) is 11.0. The molecule has 1 heterocycles. The predicted molar refractivity (Wildman–Crippen MR) is 129 cm³/mol. The van der Waals surface area contributed by atoms with E-state index in [1.54, 1.807) is 41.3 Å². The molecule has 0 bridgehead atoms. The number of nitrogens with zero attached hydrogens (tertiary/aromatic N) is 1. The number of benzene rings is 3. The van der Waals surface area contributed by atoms with Crippen LogP contribution in [0.25, 0.3) is 0 Å². The smallest absolute Gasteiger partial charge is 0.294 e. The first-order chi connectivity index (χ1) is 16.5. The summed E-state index contributed by atoms with van der Waals surface area (Å²) in [6.07, 6.45) is 1.67. The van der Waals surface area contributed by atoms with Crippen molar-refractivity contribution >= 4 is 17.5 Å². The van der Waals surface area contributed by atoms with E-state index in [0.717, 1.165) is 16.7 Å². The Labute approximate surface area is 197 Å². The van der Waals surface area contributed by atoms with E-state index >= 15 is 0 Å². The van der Waals surface area contributed by atoms with Gasteiger partial charge < -0.3 is 14.6 Å². The van der Waals surface area contributed by atoms with Crippen molar-refractivity contribution in [3.8, 4) is 0 Å². The summed E-state index contributed by atoms with van der Waals surface area (Å²) in [5.74, 6) is -0.521. The minimum Gasteiger partial charge on any atom is -0.459 e. The van der Waals surface area contributed by atoms with E-state index in [-0.39, 0.29) is 42.4 Å². The number of nitrogens with one attached hydrogen (secondary N) is 1. The molecule has 34 heavy (non-hydrogen) atoms. The number of furan rings is 1. The highest BCUT2D eigenvalue weighted by Gasteiger charge is 2.21. The normalized spacial score (nSPS) is 11.6. The van der Waals surface area contributed by atoms with Crippen LogP contribution in [0.2, 0.25) is 0 Å². The third kappa shape index (κ3) is 5.78. The molecular formula is C28H25FN2O3. The molecule has 0 aliphatic carbocycles. The van der Waals surface area contributed by atoms with E-state index in [0.29, 0.717) is 5.69 Å². The van der Waals surface area contributed by atoms with E-state index < -0.39 is 0 Å². The van der Waals surface area contributed by atoms with E-state index in [9.17, 15) is 14.0 Å². The van der Waals surface area contributed by atoms with Crippen LogP contribution in [-0.2, 0) is 17.8 Å². The number of halogens is 1. The Morgan fingerprint density at radius 1 is 0.882 bits per heavy atom. The number of hydrogen-bond acceptors (Lipinski definition) is 3. The van der Waals surface area contributed by atoms with Gasteiger partial charge in [-0.25, -0.2) is 4.39 Å². The molecule has 0 saturated heterocycles. The van der Waals surface area contributed by atoms with Gasteiger partial charge in [-0.2, -0.15) is 0 Å². The van der Waals surface area contributed by atoms with Crippen LogP contribution < -0.4 is 10.2 Å². The quantitative estimate of drug-likeness (QED) is 0.371. The molecule has 0 saturated carbocycles. The Bertz CT molecular complexity index is 1220. The van der Waals surface area contributed by atoms with Gasteiger partial charge in [0.2, 0.25) is 5.91 Å². The number of hydrogen-bond donors (Lipinski definition) is 1. The second kappa shape index (κ2) is 10.6. The zero-order valence-electron chi connectivity index (χ0n) is 18.8. The van der Waals surface area contributed by atoms with Crippen molar-refractivity contribution in [2.24, 2.45) is 0 Å². The minimum atomic E-state index is -0.336. The second-order valence-electron chi connectivity index (χ2n) is 8.04. The average Bonchev–Trinajstić information content (AvgIpc) is 3.39. The summed E-state index contributed by atoms with van der Waals surface area (Å²) in [5.41, 5.74) is 3.29. The van der Waals surface area contributed by atoms with E-state index in [1.165, 1.54) is 18.4 Å². The van der Waals surface area contributed by atoms with Crippen LogP contribution in [0.5, 0.6) is 0 Å². The molecule has 1 aromatic heterocycles. The number of rotatable bonds is 8. The van der Waals surface area contributed by atoms with Gasteiger partial charge in [0.1, 0.15) is 5.82 Å². The van der Waals surface area contributed by atoms with Crippen LogP contribution in [0.15, 0.2) is 102 Å². The monoisotopic (exact) mass is 456 g/mol. The maximum Gasteiger partial charge on any atom is 0.294 e. The molecule has 6 heteroatoms. The maximum absolute atomic E-state index is 13.3. The van der Waals surface area contributed by atoms with Gasteiger partial charge >= 0.3 is 0 Å². The van der Waals surface area contributed by atoms with Crippen molar-refractivity contribution in [1.82, 2.24) is 5.32 Å². The zero-order valence-corrected chi connectivity index (χ0v) is 18.8. The first kappa shape index (κ1) is 23.0. The van der Waals surface area contributed by atoms with Crippen LogP contribution in [-0.4, -0.2) is 11.8 Å². The molecule has 1 N–H and O–H groups in total. The Hall–Kier alpha value is -4.19. The zero-order chi connectivity index (χ0) is 23.9. The summed E-state index contributed by atoms with van der Waals surface area (Å²) >= 11 is 0. The largest absolute Gasteiger partial charge is 0.459 e. The third-order valence-electron chi connectivity index (χ3n) is 5.52. The highest BCUT2D eigenvalue weighted by molar-refractivity contribution is 6.04. The summed E-state index contributed by atoms with van der Waals surface area (Å²) in [6.45, 7) is 2.19. The molecule has 1 atom stereocenters. The number of anilines is 1. The van der Waals surface area contributed by atoms with Crippen molar-refractivity contribution < 1.29 is 18.4 Å². The third-order valence-corrected chi connectivity index (χ3v) is 5.52. The van der Waals surface area contributed by atoms with Crippen LogP contribution in [0.1, 0.15) is 40.2 Å². The van der Waals surface area contributed by atoms with Crippen LogP contribution in [0.3, 0.4) is 0 Å².